The second kappa shape index (κ2) is 7.68. The molecule has 0 aromatic rings. The van der Waals surface area contributed by atoms with Crippen molar-refractivity contribution in [1.82, 2.24) is 0 Å². The summed E-state index contributed by atoms with van der Waals surface area (Å²) in [7, 11) is -5.03. The van der Waals surface area contributed by atoms with Gasteiger partial charge in [0.15, 0.2) is 6.17 Å². The van der Waals surface area contributed by atoms with Gasteiger partial charge >= 0.3 is 20.2 Å². The summed E-state index contributed by atoms with van der Waals surface area (Å²) < 4.78 is 79.1. The van der Waals surface area contributed by atoms with Gasteiger partial charge in [0.1, 0.15) is 0 Å². The molecule has 3 atom stereocenters. The fraction of sp³-hybridized carbons (Fsp3) is 1.00. The van der Waals surface area contributed by atoms with Crippen LogP contribution in [0.25, 0.3) is 0 Å². The van der Waals surface area contributed by atoms with Gasteiger partial charge in [0, 0.05) is 5.92 Å². The molecule has 0 heterocycles. The molecule has 0 aromatic carbocycles. The monoisotopic (exact) mass is 328 g/mol. The molecule has 10 heteroatoms. The standard InChI is InChI=1S/C10H18F5O4P/c1-3-5-7(19-20(16,17)18)6(4-2)8(11)10(14,15)9(12)13/h6-9H,3-5H2,1-2H3,(H2,16,17,18). The predicted octanol–water partition coefficient (Wildman–Crippen LogP) is 3.53. The van der Waals surface area contributed by atoms with Crippen molar-refractivity contribution in [3.63, 3.8) is 0 Å². The molecule has 0 aliphatic rings. The maximum absolute atomic E-state index is 13.7. The average molecular weight is 328 g/mol. The third-order valence-corrected chi connectivity index (χ3v) is 3.37. The van der Waals surface area contributed by atoms with E-state index in [1.807, 2.05) is 0 Å². The lowest BCUT2D eigenvalue weighted by atomic mass is 9.88. The highest BCUT2D eigenvalue weighted by atomic mass is 31.2. The summed E-state index contributed by atoms with van der Waals surface area (Å²) >= 11 is 0. The number of rotatable bonds is 9. The molecule has 0 amide bonds. The lowest BCUT2D eigenvalue weighted by Gasteiger charge is -2.32. The Labute approximate surface area is 113 Å². The highest BCUT2D eigenvalue weighted by Crippen LogP contribution is 2.44. The summed E-state index contributed by atoms with van der Waals surface area (Å²) in [5.41, 5.74) is 0. The zero-order valence-electron chi connectivity index (χ0n) is 11.0. The lowest BCUT2D eigenvalue weighted by Crippen LogP contribution is -2.46. The highest BCUT2D eigenvalue weighted by molar-refractivity contribution is 7.46. The van der Waals surface area contributed by atoms with Crippen LogP contribution in [0.5, 0.6) is 0 Å². The van der Waals surface area contributed by atoms with E-state index in [-0.39, 0.29) is 19.3 Å². The number of phosphoric ester groups is 1. The second-order valence-electron chi connectivity index (χ2n) is 4.37. The van der Waals surface area contributed by atoms with Crippen molar-refractivity contribution in [2.45, 2.75) is 57.7 Å². The van der Waals surface area contributed by atoms with Gasteiger partial charge < -0.3 is 9.79 Å². The number of alkyl halides is 5. The predicted molar refractivity (Wildman–Crippen MR) is 61.5 cm³/mol. The SMILES string of the molecule is CCCC(OP(=O)(O)O)C(CC)C(F)C(F)(F)C(F)F. The van der Waals surface area contributed by atoms with E-state index in [0.717, 1.165) is 0 Å². The smallest absolute Gasteiger partial charge is 0.303 e. The number of hydrogen-bond acceptors (Lipinski definition) is 2. The lowest BCUT2D eigenvalue weighted by molar-refractivity contribution is -0.191. The van der Waals surface area contributed by atoms with E-state index >= 15 is 0 Å². The van der Waals surface area contributed by atoms with Crippen LogP contribution in [0, 0.1) is 5.92 Å². The van der Waals surface area contributed by atoms with Crippen LogP contribution in [0.2, 0.25) is 0 Å². The van der Waals surface area contributed by atoms with Crippen LogP contribution in [0.15, 0.2) is 0 Å². The average Bonchev–Trinajstić information content (AvgIpc) is 2.27. The van der Waals surface area contributed by atoms with Crippen LogP contribution in [0.4, 0.5) is 22.0 Å². The van der Waals surface area contributed by atoms with Crippen LogP contribution >= 0.6 is 7.82 Å². The summed E-state index contributed by atoms with van der Waals surface area (Å²) in [4.78, 5) is 17.4. The Bertz CT molecular complexity index is 336. The van der Waals surface area contributed by atoms with Crippen molar-refractivity contribution in [2.24, 2.45) is 5.92 Å². The summed E-state index contributed by atoms with van der Waals surface area (Å²) in [6.45, 7) is 2.81. The molecule has 0 aromatic heterocycles. The molecule has 0 aliphatic heterocycles. The Hall–Kier alpha value is -0.240. The van der Waals surface area contributed by atoms with Crippen molar-refractivity contribution in [2.75, 3.05) is 0 Å². The molecule has 0 saturated carbocycles. The zero-order chi connectivity index (χ0) is 16.1. The van der Waals surface area contributed by atoms with Crippen molar-refractivity contribution < 1.29 is 40.8 Å². The Morgan fingerprint density at radius 3 is 2.00 bits per heavy atom. The summed E-state index contributed by atoms with van der Waals surface area (Å²) in [5.74, 6) is -6.64. The number of phosphoric acid groups is 1. The van der Waals surface area contributed by atoms with Gasteiger partial charge in [0.05, 0.1) is 6.10 Å². The Morgan fingerprint density at radius 2 is 1.70 bits per heavy atom. The second-order valence-corrected chi connectivity index (χ2v) is 5.56. The van der Waals surface area contributed by atoms with Gasteiger partial charge in [-0.2, -0.15) is 8.78 Å². The van der Waals surface area contributed by atoms with Gasteiger partial charge in [-0.25, -0.2) is 17.7 Å². The minimum atomic E-state index is -5.03. The van der Waals surface area contributed by atoms with Crippen LogP contribution in [0.1, 0.15) is 33.1 Å². The molecule has 0 radical (unpaired) electrons. The molecule has 0 fully saturated rings. The normalized spacial score (nSPS) is 18.1. The third-order valence-electron chi connectivity index (χ3n) is 2.83. The van der Waals surface area contributed by atoms with E-state index in [1.54, 1.807) is 6.92 Å². The first-order valence-corrected chi connectivity index (χ1v) is 7.54. The molecule has 20 heavy (non-hydrogen) atoms. The molecule has 0 saturated heterocycles. The molecule has 0 bridgehead atoms. The molecule has 122 valence electrons. The largest absolute Gasteiger partial charge is 0.469 e. The molecule has 0 rings (SSSR count). The Balaban J connectivity index is 5.21. The Kier molecular flexibility index (Phi) is 7.59. The van der Waals surface area contributed by atoms with Crippen molar-refractivity contribution in [3.05, 3.63) is 0 Å². The molecule has 0 spiro atoms. The van der Waals surface area contributed by atoms with E-state index in [4.69, 9.17) is 9.79 Å². The first-order chi connectivity index (χ1) is 8.97. The summed E-state index contributed by atoms with van der Waals surface area (Å²) in [5, 5.41) is 0. The number of halogens is 5. The van der Waals surface area contributed by atoms with Crippen molar-refractivity contribution in [3.8, 4) is 0 Å². The molecular weight excluding hydrogens is 310 g/mol. The van der Waals surface area contributed by atoms with Crippen molar-refractivity contribution >= 4 is 7.82 Å². The van der Waals surface area contributed by atoms with Gasteiger partial charge in [0.2, 0.25) is 0 Å². The van der Waals surface area contributed by atoms with Gasteiger partial charge in [-0.3, -0.25) is 4.52 Å². The molecular formula is C10H18F5O4P. The van der Waals surface area contributed by atoms with Crippen LogP contribution in [-0.4, -0.2) is 34.4 Å². The van der Waals surface area contributed by atoms with Gasteiger partial charge in [-0.1, -0.05) is 20.3 Å². The first kappa shape index (κ1) is 19.8. The molecule has 4 nitrogen and oxygen atoms in total. The maximum Gasteiger partial charge on any atom is 0.469 e. The number of hydrogen-bond donors (Lipinski definition) is 2. The van der Waals surface area contributed by atoms with E-state index in [9.17, 15) is 26.5 Å². The fourth-order valence-electron chi connectivity index (χ4n) is 1.87. The topological polar surface area (TPSA) is 66.8 Å². The van der Waals surface area contributed by atoms with E-state index < -0.39 is 38.4 Å². The summed E-state index contributed by atoms with van der Waals surface area (Å²) in [6, 6.07) is 0. The fourth-order valence-corrected chi connectivity index (χ4v) is 2.48. The van der Waals surface area contributed by atoms with E-state index in [2.05, 4.69) is 4.52 Å². The van der Waals surface area contributed by atoms with Crippen LogP contribution in [-0.2, 0) is 9.09 Å². The molecule has 3 unspecified atom stereocenters. The van der Waals surface area contributed by atoms with Crippen molar-refractivity contribution in [1.29, 1.82) is 0 Å². The van der Waals surface area contributed by atoms with Gasteiger partial charge in [-0.05, 0) is 12.8 Å². The molecule has 0 aliphatic carbocycles. The van der Waals surface area contributed by atoms with E-state index in [1.165, 1.54) is 6.92 Å². The zero-order valence-corrected chi connectivity index (χ0v) is 11.9. The minimum Gasteiger partial charge on any atom is -0.303 e. The van der Waals surface area contributed by atoms with Crippen LogP contribution < -0.4 is 0 Å². The quantitative estimate of drug-likeness (QED) is 0.502. The third kappa shape index (κ3) is 5.63. The van der Waals surface area contributed by atoms with Gasteiger partial charge in [0.25, 0.3) is 0 Å². The minimum absolute atomic E-state index is 0.136. The maximum atomic E-state index is 13.7. The van der Waals surface area contributed by atoms with E-state index in [0.29, 0.717) is 0 Å². The Morgan fingerprint density at radius 1 is 1.20 bits per heavy atom. The summed E-state index contributed by atoms with van der Waals surface area (Å²) in [6.07, 6.45) is -9.23. The highest BCUT2D eigenvalue weighted by Gasteiger charge is 2.54. The first-order valence-electron chi connectivity index (χ1n) is 6.01. The van der Waals surface area contributed by atoms with Gasteiger partial charge in [-0.15, -0.1) is 0 Å². The van der Waals surface area contributed by atoms with Crippen LogP contribution in [0.3, 0.4) is 0 Å². The molecule has 2 N–H and O–H groups in total.